The Labute approximate surface area is 105 Å². The summed E-state index contributed by atoms with van der Waals surface area (Å²) < 4.78 is 9.89. The van der Waals surface area contributed by atoms with Gasteiger partial charge in [0.05, 0.1) is 19.6 Å². The topological polar surface area (TPSA) is 38.8 Å². The van der Waals surface area contributed by atoms with Gasteiger partial charge >= 0.3 is 5.97 Å². The van der Waals surface area contributed by atoms with E-state index in [1.807, 2.05) is 6.92 Å². The largest absolute Gasteiger partial charge is 0.469 e. The SMILES string of the molecule is CCC(CC)N(CCOC)CC(C)C(=O)OC. The van der Waals surface area contributed by atoms with E-state index < -0.39 is 0 Å². The number of carbonyl (C=O) groups excluding carboxylic acids is 1. The van der Waals surface area contributed by atoms with E-state index >= 15 is 0 Å². The van der Waals surface area contributed by atoms with Crippen LogP contribution in [0.3, 0.4) is 0 Å². The second-order valence-corrected chi connectivity index (χ2v) is 4.38. The highest BCUT2D eigenvalue weighted by atomic mass is 16.5. The van der Waals surface area contributed by atoms with E-state index in [4.69, 9.17) is 9.47 Å². The molecule has 0 heterocycles. The molecular weight excluding hydrogens is 218 g/mol. The lowest BCUT2D eigenvalue weighted by molar-refractivity contribution is -0.145. The third-order valence-electron chi connectivity index (χ3n) is 3.15. The van der Waals surface area contributed by atoms with E-state index in [2.05, 4.69) is 18.7 Å². The molecule has 0 amide bonds. The predicted molar refractivity (Wildman–Crippen MR) is 69.0 cm³/mol. The molecule has 4 nitrogen and oxygen atoms in total. The molecule has 0 saturated heterocycles. The van der Waals surface area contributed by atoms with Crippen molar-refractivity contribution in [1.82, 2.24) is 4.90 Å². The van der Waals surface area contributed by atoms with Crippen molar-refractivity contribution in [3.63, 3.8) is 0 Å². The van der Waals surface area contributed by atoms with Crippen LogP contribution in [0, 0.1) is 5.92 Å². The number of hydrogen-bond donors (Lipinski definition) is 0. The Morgan fingerprint density at radius 3 is 2.24 bits per heavy atom. The number of esters is 1. The van der Waals surface area contributed by atoms with E-state index in [-0.39, 0.29) is 11.9 Å². The van der Waals surface area contributed by atoms with Crippen molar-refractivity contribution in [3.8, 4) is 0 Å². The Bertz CT molecular complexity index is 205. The number of ether oxygens (including phenoxy) is 2. The quantitative estimate of drug-likeness (QED) is 0.582. The molecule has 1 atom stereocenters. The Balaban J connectivity index is 4.40. The molecule has 0 aromatic heterocycles. The maximum absolute atomic E-state index is 11.4. The van der Waals surface area contributed by atoms with Gasteiger partial charge in [-0.05, 0) is 12.8 Å². The van der Waals surface area contributed by atoms with E-state index in [0.717, 1.165) is 25.9 Å². The third kappa shape index (κ3) is 6.03. The number of nitrogens with zero attached hydrogens (tertiary/aromatic N) is 1. The van der Waals surface area contributed by atoms with Crippen LogP contribution < -0.4 is 0 Å². The molecule has 0 bridgehead atoms. The van der Waals surface area contributed by atoms with Gasteiger partial charge < -0.3 is 9.47 Å². The maximum atomic E-state index is 11.4. The first kappa shape index (κ1) is 16.4. The van der Waals surface area contributed by atoms with Crippen molar-refractivity contribution < 1.29 is 14.3 Å². The lowest BCUT2D eigenvalue weighted by Gasteiger charge is -2.31. The van der Waals surface area contributed by atoms with Crippen LogP contribution in [0.2, 0.25) is 0 Å². The second-order valence-electron chi connectivity index (χ2n) is 4.38. The zero-order valence-electron chi connectivity index (χ0n) is 11.9. The second kappa shape index (κ2) is 9.42. The number of methoxy groups -OCH3 is 2. The summed E-state index contributed by atoms with van der Waals surface area (Å²) in [5, 5.41) is 0. The number of hydrogen-bond acceptors (Lipinski definition) is 4. The summed E-state index contributed by atoms with van der Waals surface area (Å²) in [6.07, 6.45) is 2.18. The average Bonchev–Trinajstić information content (AvgIpc) is 2.35. The molecule has 0 aromatic rings. The first-order valence-electron chi connectivity index (χ1n) is 6.41. The predicted octanol–water partition coefficient (Wildman–Crippen LogP) is 1.93. The molecule has 17 heavy (non-hydrogen) atoms. The zero-order valence-corrected chi connectivity index (χ0v) is 11.9. The summed E-state index contributed by atoms with van der Waals surface area (Å²) in [5.74, 6) is -0.226. The van der Waals surface area contributed by atoms with Crippen molar-refractivity contribution in [2.45, 2.75) is 39.7 Å². The summed E-state index contributed by atoms with van der Waals surface area (Å²) in [5.41, 5.74) is 0. The Morgan fingerprint density at radius 2 is 1.82 bits per heavy atom. The van der Waals surface area contributed by atoms with E-state index in [1.165, 1.54) is 7.11 Å². The van der Waals surface area contributed by atoms with Crippen LogP contribution in [0.4, 0.5) is 0 Å². The minimum absolute atomic E-state index is 0.0857. The van der Waals surface area contributed by atoms with Crippen molar-refractivity contribution >= 4 is 5.97 Å². The van der Waals surface area contributed by atoms with Crippen LogP contribution in [0.25, 0.3) is 0 Å². The first-order chi connectivity index (χ1) is 8.10. The minimum atomic E-state index is -0.140. The summed E-state index contributed by atoms with van der Waals surface area (Å²) >= 11 is 0. The Hall–Kier alpha value is -0.610. The van der Waals surface area contributed by atoms with Crippen molar-refractivity contribution in [2.75, 3.05) is 33.9 Å². The fourth-order valence-corrected chi connectivity index (χ4v) is 2.06. The Kier molecular flexibility index (Phi) is 9.09. The van der Waals surface area contributed by atoms with Gasteiger partial charge in [0.1, 0.15) is 0 Å². The fraction of sp³-hybridized carbons (Fsp3) is 0.923. The normalized spacial score (nSPS) is 13.1. The fourth-order valence-electron chi connectivity index (χ4n) is 2.06. The van der Waals surface area contributed by atoms with E-state index in [1.54, 1.807) is 7.11 Å². The van der Waals surface area contributed by atoms with Crippen LogP contribution in [0.15, 0.2) is 0 Å². The van der Waals surface area contributed by atoms with E-state index in [0.29, 0.717) is 12.6 Å². The molecule has 0 aliphatic carbocycles. The molecule has 0 fully saturated rings. The summed E-state index contributed by atoms with van der Waals surface area (Å²) in [7, 11) is 3.14. The summed E-state index contributed by atoms with van der Waals surface area (Å²) in [6.45, 7) is 8.57. The monoisotopic (exact) mass is 245 g/mol. The minimum Gasteiger partial charge on any atom is -0.469 e. The van der Waals surface area contributed by atoms with Crippen molar-refractivity contribution in [2.24, 2.45) is 5.92 Å². The molecular formula is C13H27NO3. The average molecular weight is 245 g/mol. The third-order valence-corrected chi connectivity index (χ3v) is 3.15. The molecule has 0 radical (unpaired) electrons. The highest BCUT2D eigenvalue weighted by Gasteiger charge is 2.21. The highest BCUT2D eigenvalue weighted by molar-refractivity contribution is 5.72. The molecule has 1 unspecified atom stereocenters. The van der Waals surface area contributed by atoms with Gasteiger partial charge in [0.2, 0.25) is 0 Å². The molecule has 0 spiro atoms. The summed E-state index contributed by atoms with van der Waals surface area (Å²) in [6, 6.07) is 0.511. The van der Waals surface area contributed by atoms with Crippen LogP contribution in [0.5, 0.6) is 0 Å². The molecule has 4 heteroatoms. The molecule has 0 aliphatic heterocycles. The number of carbonyl (C=O) groups is 1. The molecule has 0 aromatic carbocycles. The van der Waals surface area contributed by atoms with Gasteiger partial charge in [0.25, 0.3) is 0 Å². The maximum Gasteiger partial charge on any atom is 0.309 e. The zero-order chi connectivity index (χ0) is 13.3. The smallest absolute Gasteiger partial charge is 0.309 e. The van der Waals surface area contributed by atoms with Crippen molar-refractivity contribution in [3.05, 3.63) is 0 Å². The van der Waals surface area contributed by atoms with Crippen LogP contribution in [-0.2, 0) is 14.3 Å². The van der Waals surface area contributed by atoms with Crippen LogP contribution in [0.1, 0.15) is 33.6 Å². The van der Waals surface area contributed by atoms with Gasteiger partial charge in [-0.3, -0.25) is 9.69 Å². The van der Waals surface area contributed by atoms with Gasteiger partial charge in [-0.15, -0.1) is 0 Å². The van der Waals surface area contributed by atoms with Gasteiger partial charge in [-0.25, -0.2) is 0 Å². The molecule has 0 N–H and O–H groups in total. The van der Waals surface area contributed by atoms with Gasteiger partial charge in [0, 0.05) is 26.2 Å². The molecule has 0 aliphatic rings. The molecule has 0 rings (SSSR count). The van der Waals surface area contributed by atoms with Gasteiger partial charge in [0.15, 0.2) is 0 Å². The molecule has 102 valence electrons. The molecule has 0 saturated carbocycles. The Morgan fingerprint density at radius 1 is 1.24 bits per heavy atom. The van der Waals surface area contributed by atoms with Gasteiger partial charge in [-0.1, -0.05) is 20.8 Å². The van der Waals surface area contributed by atoms with Crippen LogP contribution >= 0.6 is 0 Å². The van der Waals surface area contributed by atoms with Crippen molar-refractivity contribution in [1.29, 1.82) is 0 Å². The number of rotatable bonds is 9. The lowest BCUT2D eigenvalue weighted by atomic mass is 10.1. The van der Waals surface area contributed by atoms with E-state index in [9.17, 15) is 4.79 Å². The first-order valence-corrected chi connectivity index (χ1v) is 6.41. The van der Waals surface area contributed by atoms with Gasteiger partial charge in [-0.2, -0.15) is 0 Å². The highest BCUT2D eigenvalue weighted by Crippen LogP contribution is 2.12. The summed E-state index contributed by atoms with van der Waals surface area (Å²) in [4.78, 5) is 13.8. The standard InChI is InChI=1S/C13H27NO3/c1-6-12(7-2)14(8-9-16-4)10-11(3)13(15)17-5/h11-12H,6-10H2,1-5H3. The lowest BCUT2D eigenvalue weighted by Crippen LogP contribution is -2.41. The van der Waals surface area contributed by atoms with Crippen LogP contribution in [-0.4, -0.2) is 50.8 Å².